The third-order valence-corrected chi connectivity index (χ3v) is 3.96. The third-order valence-electron chi connectivity index (χ3n) is 3.96. The number of aromatic nitrogens is 2. The second-order valence-corrected chi connectivity index (χ2v) is 5.99. The van der Waals surface area contributed by atoms with Crippen LogP contribution in [0.4, 0.5) is 17.3 Å². The van der Waals surface area contributed by atoms with Gasteiger partial charge in [0.15, 0.2) is 0 Å². The minimum atomic E-state index is -0.398. The van der Waals surface area contributed by atoms with Crippen LogP contribution in [0.1, 0.15) is 33.2 Å². The van der Waals surface area contributed by atoms with Crippen molar-refractivity contribution in [3.8, 4) is 0 Å². The van der Waals surface area contributed by atoms with Crippen LogP contribution in [0.5, 0.6) is 0 Å². The lowest BCUT2D eigenvalue weighted by Crippen LogP contribution is -2.13. The van der Waals surface area contributed by atoms with Gasteiger partial charge in [0.1, 0.15) is 0 Å². The number of nitrogens with one attached hydrogen (secondary N) is 2. The van der Waals surface area contributed by atoms with E-state index < -0.39 is 5.97 Å². The lowest BCUT2D eigenvalue weighted by molar-refractivity contribution is 0.0526. The minimum Gasteiger partial charge on any atom is -0.462 e. The van der Waals surface area contributed by atoms with E-state index in [4.69, 9.17) is 4.74 Å². The summed E-state index contributed by atoms with van der Waals surface area (Å²) in [6, 6.07) is 14.3. The fourth-order valence-corrected chi connectivity index (χ4v) is 2.45. The average molecular weight is 376 g/mol. The van der Waals surface area contributed by atoms with Crippen LogP contribution in [0.15, 0.2) is 60.9 Å². The Morgan fingerprint density at radius 2 is 1.64 bits per heavy atom. The maximum atomic E-state index is 12.4. The number of hydrogen-bond acceptors (Lipinski definition) is 6. The largest absolute Gasteiger partial charge is 0.462 e. The zero-order chi connectivity index (χ0) is 19.9. The molecule has 0 unspecified atom stereocenters. The van der Waals surface area contributed by atoms with Crippen molar-refractivity contribution in [1.82, 2.24) is 9.97 Å². The fraction of sp³-hybridized carbons (Fsp3) is 0.143. The number of carbonyl (C=O) groups excluding carboxylic acids is 2. The van der Waals surface area contributed by atoms with E-state index in [2.05, 4.69) is 20.6 Å². The topological polar surface area (TPSA) is 93.2 Å². The summed E-state index contributed by atoms with van der Waals surface area (Å²) < 4.78 is 4.93. The van der Waals surface area contributed by atoms with Crippen LogP contribution in [0, 0.1) is 6.92 Å². The number of esters is 1. The van der Waals surface area contributed by atoms with Crippen LogP contribution in [0.3, 0.4) is 0 Å². The van der Waals surface area contributed by atoms with Gasteiger partial charge in [0, 0.05) is 23.8 Å². The van der Waals surface area contributed by atoms with E-state index in [0.29, 0.717) is 29.4 Å². The van der Waals surface area contributed by atoms with E-state index >= 15 is 0 Å². The second-order valence-electron chi connectivity index (χ2n) is 5.99. The maximum Gasteiger partial charge on any atom is 0.338 e. The quantitative estimate of drug-likeness (QED) is 0.633. The predicted molar refractivity (Wildman–Crippen MR) is 107 cm³/mol. The number of rotatable bonds is 6. The number of amides is 1. The molecule has 1 heterocycles. The van der Waals surface area contributed by atoms with Crippen molar-refractivity contribution in [3.05, 3.63) is 77.6 Å². The van der Waals surface area contributed by atoms with E-state index in [0.717, 1.165) is 11.3 Å². The van der Waals surface area contributed by atoms with Gasteiger partial charge in [-0.2, -0.15) is 0 Å². The highest BCUT2D eigenvalue weighted by molar-refractivity contribution is 6.04. The van der Waals surface area contributed by atoms with Gasteiger partial charge < -0.3 is 15.4 Å². The van der Waals surface area contributed by atoms with Crippen LogP contribution in [-0.2, 0) is 4.74 Å². The van der Waals surface area contributed by atoms with Crippen molar-refractivity contribution in [2.24, 2.45) is 0 Å². The summed E-state index contributed by atoms with van der Waals surface area (Å²) >= 11 is 0. The number of para-hydroxylation sites is 1. The van der Waals surface area contributed by atoms with Crippen molar-refractivity contribution < 1.29 is 14.3 Å². The fourth-order valence-electron chi connectivity index (χ4n) is 2.45. The van der Waals surface area contributed by atoms with Crippen molar-refractivity contribution in [2.75, 3.05) is 17.2 Å². The molecule has 0 aliphatic rings. The molecule has 3 aromatic rings. The van der Waals surface area contributed by atoms with Crippen molar-refractivity contribution >= 4 is 29.2 Å². The number of hydrogen-bond donors (Lipinski definition) is 2. The number of ether oxygens (including phenoxy) is 1. The normalized spacial score (nSPS) is 10.2. The van der Waals surface area contributed by atoms with Crippen LogP contribution in [-0.4, -0.2) is 28.5 Å². The van der Waals surface area contributed by atoms with E-state index in [1.54, 1.807) is 31.2 Å². The summed E-state index contributed by atoms with van der Waals surface area (Å²) in [5.41, 5.74) is 3.28. The van der Waals surface area contributed by atoms with Gasteiger partial charge in [-0.05, 0) is 49.7 Å². The first kappa shape index (κ1) is 19.0. The highest BCUT2D eigenvalue weighted by atomic mass is 16.5. The summed E-state index contributed by atoms with van der Waals surface area (Å²) in [6.07, 6.45) is 2.91. The van der Waals surface area contributed by atoms with E-state index in [1.807, 2.05) is 31.2 Å². The highest BCUT2D eigenvalue weighted by Crippen LogP contribution is 2.17. The molecule has 0 fully saturated rings. The van der Waals surface area contributed by atoms with Crippen molar-refractivity contribution in [1.29, 1.82) is 0 Å². The molecular formula is C21H20N4O3. The number of carbonyl (C=O) groups is 2. The molecule has 7 nitrogen and oxygen atoms in total. The van der Waals surface area contributed by atoms with Crippen LogP contribution in [0.25, 0.3) is 0 Å². The minimum absolute atomic E-state index is 0.312. The summed E-state index contributed by atoms with van der Waals surface area (Å²) in [4.78, 5) is 32.4. The van der Waals surface area contributed by atoms with E-state index in [-0.39, 0.29) is 5.91 Å². The lowest BCUT2D eigenvalue weighted by atomic mass is 10.2. The molecule has 0 saturated heterocycles. The zero-order valence-corrected chi connectivity index (χ0v) is 15.6. The Bertz CT molecular complexity index is 970. The molecule has 2 N–H and O–H groups in total. The van der Waals surface area contributed by atoms with Gasteiger partial charge in [-0.3, -0.25) is 4.79 Å². The maximum absolute atomic E-state index is 12.4. The number of nitrogens with zero attached hydrogens (tertiary/aromatic N) is 2. The summed E-state index contributed by atoms with van der Waals surface area (Å²) in [7, 11) is 0. The van der Waals surface area contributed by atoms with Gasteiger partial charge in [-0.15, -0.1) is 0 Å². The lowest BCUT2D eigenvalue weighted by Gasteiger charge is -2.09. The summed E-state index contributed by atoms with van der Waals surface area (Å²) in [5, 5.41) is 5.86. The molecule has 7 heteroatoms. The highest BCUT2D eigenvalue weighted by Gasteiger charge is 2.10. The molecule has 3 rings (SSSR count). The molecule has 0 atom stereocenters. The Hall–Kier alpha value is -3.74. The van der Waals surface area contributed by atoms with Gasteiger partial charge in [0.2, 0.25) is 5.95 Å². The Morgan fingerprint density at radius 1 is 0.964 bits per heavy atom. The molecule has 0 aliphatic heterocycles. The predicted octanol–water partition coefficient (Wildman–Crippen LogP) is 3.96. The van der Waals surface area contributed by atoms with Gasteiger partial charge in [-0.1, -0.05) is 18.2 Å². The monoisotopic (exact) mass is 376 g/mol. The van der Waals surface area contributed by atoms with Crippen LogP contribution in [0.2, 0.25) is 0 Å². The number of anilines is 3. The molecule has 1 aromatic heterocycles. The molecule has 28 heavy (non-hydrogen) atoms. The molecule has 2 aromatic carbocycles. The third kappa shape index (κ3) is 4.70. The standard InChI is InChI=1S/C21H20N4O3/c1-3-28-20(27)15-8-10-17(11-9-15)24-19(26)16-12-22-21(23-13-16)25-18-7-5-4-6-14(18)2/h4-13H,3H2,1-2H3,(H,24,26)(H,22,23,25). The smallest absolute Gasteiger partial charge is 0.338 e. The number of aryl methyl sites for hydroxylation is 1. The Balaban J connectivity index is 1.63. The van der Waals surface area contributed by atoms with Gasteiger partial charge in [0.25, 0.3) is 5.91 Å². The van der Waals surface area contributed by atoms with Gasteiger partial charge in [-0.25, -0.2) is 14.8 Å². The van der Waals surface area contributed by atoms with Gasteiger partial charge >= 0.3 is 5.97 Å². The first-order chi connectivity index (χ1) is 13.6. The van der Waals surface area contributed by atoms with Crippen molar-refractivity contribution in [3.63, 3.8) is 0 Å². The molecule has 0 aliphatic carbocycles. The molecule has 0 saturated carbocycles. The molecule has 0 spiro atoms. The Kier molecular flexibility index (Phi) is 5.96. The SMILES string of the molecule is CCOC(=O)c1ccc(NC(=O)c2cnc(Nc3ccccc3C)nc2)cc1. The molecule has 142 valence electrons. The Morgan fingerprint density at radius 3 is 2.29 bits per heavy atom. The van der Waals surface area contributed by atoms with Gasteiger partial charge in [0.05, 0.1) is 17.7 Å². The number of benzene rings is 2. The first-order valence-corrected chi connectivity index (χ1v) is 8.80. The first-order valence-electron chi connectivity index (χ1n) is 8.80. The average Bonchev–Trinajstić information content (AvgIpc) is 2.71. The molecule has 1 amide bonds. The molecule has 0 bridgehead atoms. The van der Waals surface area contributed by atoms with Crippen LogP contribution >= 0.6 is 0 Å². The van der Waals surface area contributed by atoms with Crippen LogP contribution < -0.4 is 10.6 Å². The van der Waals surface area contributed by atoms with E-state index in [9.17, 15) is 9.59 Å². The molecular weight excluding hydrogens is 356 g/mol. The second kappa shape index (κ2) is 8.77. The zero-order valence-electron chi connectivity index (χ0n) is 15.6. The van der Waals surface area contributed by atoms with E-state index in [1.165, 1.54) is 12.4 Å². The summed E-state index contributed by atoms with van der Waals surface area (Å²) in [5.74, 6) is -0.332. The van der Waals surface area contributed by atoms with Crippen molar-refractivity contribution in [2.45, 2.75) is 13.8 Å². The summed E-state index contributed by atoms with van der Waals surface area (Å²) in [6.45, 7) is 4.04. The molecule has 0 radical (unpaired) electrons. The Labute approximate surface area is 162 Å².